The minimum absolute atomic E-state index is 0.263. The summed E-state index contributed by atoms with van der Waals surface area (Å²) >= 11 is 0. The van der Waals surface area contributed by atoms with Gasteiger partial charge in [0, 0.05) is 31.3 Å². The van der Waals surface area contributed by atoms with E-state index in [1.807, 2.05) is 54.5 Å². The molecule has 17 nitrogen and oxygen atoms in total. The lowest BCUT2D eigenvalue weighted by molar-refractivity contribution is -0.287. The highest BCUT2D eigenvalue weighted by molar-refractivity contribution is 6.01. The number of carbonyl (C=O) groups excluding carboxylic acids is 3. The van der Waals surface area contributed by atoms with Gasteiger partial charge in [0.15, 0.2) is 36.4 Å². The fourth-order valence-corrected chi connectivity index (χ4v) is 7.26. The molecule has 8 unspecified atom stereocenters. The SMILES string of the molecule is COC1C(O)C2OC(C)(C)OC2OC1(C)C.COC1C(OC(=O)c2ccc(C)[nH]2)C2OC(C)(C)OC2OC1(C)C.Cc1ccc(C(=O)OC(=O)c2ccc(C)[nH]2)[nH]1. The zero-order valence-electron chi connectivity index (χ0n) is 34.8. The van der Waals surface area contributed by atoms with Crippen molar-refractivity contribution in [2.24, 2.45) is 0 Å². The molecule has 4 aliphatic rings. The summed E-state index contributed by atoms with van der Waals surface area (Å²) in [6.07, 6.45) is -4.52. The Hall–Kier alpha value is -3.91. The maximum Gasteiger partial charge on any atom is 0.362 e. The van der Waals surface area contributed by atoms with Gasteiger partial charge in [0.1, 0.15) is 41.5 Å². The van der Waals surface area contributed by atoms with Crippen LogP contribution in [0.5, 0.6) is 0 Å². The highest BCUT2D eigenvalue weighted by Gasteiger charge is 2.60. The molecule has 0 saturated carbocycles. The predicted molar refractivity (Wildman–Crippen MR) is 201 cm³/mol. The van der Waals surface area contributed by atoms with Gasteiger partial charge in [0.2, 0.25) is 0 Å². The van der Waals surface area contributed by atoms with Gasteiger partial charge in [-0.05, 0) is 113 Å². The van der Waals surface area contributed by atoms with E-state index >= 15 is 0 Å². The van der Waals surface area contributed by atoms with Crippen molar-refractivity contribution in [2.45, 2.75) is 148 Å². The van der Waals surface area contributed by atoms with E-state index in [0.29, 0.717) is 5.69 Å². The number of aromatic nitrogens is 3. The topological polar surface area (TPSA) is 211 Å². The third-order valence-corrected chi connectivity index (χ3v) is 9.75. The Morgan fingerprint density at radius 2 is 0.947 bits per heavy atom. The van der Waals surface area contributed by atoms with Crippen molar-refractivity contribution in [1.29, 1.82) is 0 Å². The van der Waals surface area contributed by atoms with Crippen molar-refractivity contribution in [3.05, 3.63) is 70.6 Å². The Morgan fingerprint density at radius 1 is 0.561 bits per heavy atom. The minimum atomic E-state index is -0.818. The van der Waals surface area contributed by atoms with Crippen LogP contribution in [-0.2, 0) is 47.4 Å². The van der Waals surface area contributed by atoms with E-state index in [-0.39, 0.29) is 11.4 Å². The number of ether oxygens (including phenoxy) is 10. The van der Waals surface area contributed by atoms with Gasteiger partial charge >= 0.3 is 17.9 Å². The number of aliphatic hydroxyl groups excluding tert-OH is 1. The molecule has 4 saturated heterocycles. The fraction of sp³-hybridized carbons (Fsp3) is 0.625. The average Bonchev–Trinajstić information content (AvgIpc) is 3.93. The van der Waals surface area contributed by atoms with Gasteiger partial charge in [-0.15, -0.1) is 0 Å². The van der Waals surface area contributed by atoms with Gasteiger partial charge in [-0.25, -0.2) is 14.4 Å². The summed E-state index contributed by atoms with van der Waals surface area (Å²) in [4.78, 5) is 44.2. The molecule has 0 aromatic carbocycles. The number of H-pyrrole nitrogens is 3. The molecular weight excluding hydrogens is 746 g/mol. The second kappa shape index (κ2) is 16.8. The van der Waals surface area contributed by atoms with Crippen LogP contribution >= 0.6 is 0 Å². The summed E-state index contributed by atoms with van der Waals surface area (Å²) in [6, 6.07) is 10.1. The maximum absolute atomic E-state index is 12.5. The van der Waals surface area contributed by atoms with Gasteiger partial charge in [0.25, 0.3) is 0 Å². The van der Waals surface area contributed by atoms with E-state index < -0.39 is 89.9 Å². The first kappa shape index (κ1) is 44.2. The molecule has 7 heterocycles. The van der Waals surface area contributed by atoms with Gasteiger partial charge in [0.05, 0.1) is 11.2 Å². The lowest BCUT2D eigenvalue weighted by Gasteiger charge is -2.46. The first-order valence-corrected chi connectivity index (χ1v) is 18.7. The molecule has 0 aliphatic carbocycles. The van der Waals surface area contributed by atoms with Crippen LogP contribution in [0.4, 0.5) is 0 Å². The van der Waals surface area contributed by atoms with Crippen molar-refractivity contribution in [2.75, 3.05) is 14.2 Å². The van der Waals surface area contributed by atoms with Crippen LogP contribution in [0.3, 0.4) is 0 Å². The Kier molecular flexibility index (Phi) is 13.0. The quantitative estimate of drug-likeness (QED) is 0.196. The van der Waals surface area contributed by atoms with Crippen molar-refractivity contribution in [3.8, 4) is 0 Å². The number of esters is 3. The number of aromatic amines is 3. The number of rotatable bonds is 6. The van der Waals surface area contributed by atoms with Crippen molar-refractivity contribution < 1.29 is 66.9 Å². The molecule has 7 rings (SSSR count). The maximum atomic E-state index is 12.5. The summed E-state index contributed by atoms with van der Waals surface area (Å²) in [6.45, 7) is 20.2. The van der Waals surface area contributed by atoms with Crippen molar-refractivity contribution in [1.82, 2.24) is 15.0 Å². The van der Waals surface area contributed by atoms with E-state index in [2.05, 4.69) is 15.0 Å². The lowest BCUT2D eigenvalue weighted by Crippen LogP contribution is -2.62. The Labute approximate surface area is 332 Å². The number of hydrogen-bond donors (Lipinski definition) is 4. The largest absolute Gasteiger partial charge is 0.452 e. The van der Waals surface area contributed by atoms with E-state index in [1.165, 1.54) is 0 Å². The Bertz CT molecular complexity index is 1820. The molecule has 0 radical (unpaired) electrons. The van der Waals surface area contributed by atoms with Crippen LogP contribution in [0.2, 0.25) is 0 Å². The van der Waals surface area contributed by atoms with Crippen molar-refractivity contribution in [3.63, 3.8) is 0 Å². The fourth-order valence-electron chi connectivity index (χ4n) is 7.26. The molecule has 3 aromatic heterocycles. The van der Waals surface area contributed by atoms with E-state index in [9.17, 15) is 19.5 Å². The second-order valence-corrected chi connectivity index (χ2v) is 16.4. The number of hydrogen-bond acceptors (Lipinski definition) is 14. The van der Waals surface area contributed by atoms with Gasteiger partial charge in [-0.3, -0.25) is 0 Å². The van der Waals surface area contributed by atoms with Crippen LogP contribution in [0.15, 0.2) is 36.4 Å². The van der Waals surface area contributed by atoms with Gasteiger partial charge in [-0.1, -0.05) is 0 Å². The molecule has 17 heteroatoms. The smallest absolute Gasteiger partial charge is 0.362 e. The molecule has 0 spiro atoms. The Balaban J connectivity index is 0.000000168. The highest BCUT2D eigenvalue weighted by Crippen LogP contribution is 2.43. The first-order valence-electron chi connectivity index (χ1n) is 18.7. The lowest BCUT2D eigenvalue weighted by atomic mass is 9.89. The van der Waals surface area contributed by atoms with E-state index in [4.69, 9.17) is 47.4 Å². The third-order valence-electron chi connectivity index (χ3n) is 9.75. The second-order valence-electron chi connectivity index (χ2n) is 16.4. The molecular formula is C40H57N3O14. The summed E-state index contributed by atoms with van der Waals surface area (Å²) in [5.41, 5.74) is 2.17. The number of aryl methyl sites for hydroxylation is 3. The minimum Gasteiger partial charge on any atom is -0.452 e. The molecule has 316 valence electrons. The van der Waals surface area contributed by atoms with E-state index in [0.717, 1.165) is 17.1 Å². The molecule has 0 amide bonds. The van der Waals surface area contributed by atoms with Crippen LogP contribution in [-0.4, -0.2) is 124 Å². The standard InChI is InChI=1S/C17H25NO6.C12H12N2O3.C11H20O5/c1-9-7-8-10(18-9)14(19)21-11-12-15(24-17(4,5)22-12)23-16(2,3)13(11)20-6;1-7-3-5-9(13-7)11(15)17-12(16)10-6-4-8(2)14-10;1-10(2)8(13-5)6(12)7-9(15-10)16-11(3,4)14-7/h7-8,11-13,15,18H,1-6H3;3-6,13-14H,1-2H3;6-9,12H,1-5H3. The molecule has 8 atom stereocenters. The monoisotopic (exact) mass is 803 g/mol. The van der Waals surface area contributed by atoms with Crippen LogP contribution in [0.25, 0.3) is 0 Å². The number of methoxy groups -OCH3 is 2. The normalized spacial score (nSPS) is 30.1. The van der Waals surface area contributed by atoms with Crippen LogP contribution in [0.1, 0.15) is 104 Å². The zero-order chi connectivity index (χ0) is 42.2. The molecule has 4 fully saturated rings. The molecule has 0 bridgehead atoms. The number of carbonyl (C=O) groups is 3. The summed E-state index contributed by atoms with van der Waals surface area (Å²) in [7, 11) is 3.12. The molecule has 4 aliphatic heterocycles. The highest BCUT2D eigenvalue weighted by atomic mass is 16.8. The van der Waals surface area contributed by atoms with Crippen LogP contribution in [0, 0.1) is 20.8 Å². The summed E-state index contributed by atoms with van der Waals surface area (Å²) in [5, 5.41) is 10.2. The van der Waals surface area contributed by atoms with Crippen molar-refractivity contribution >= 4 is 17.9 Å². The Morgan fingerprint density at radius 3 is 1.35 bits per heavy atom. The van der Waals surface area contributed by atoms with Gasteiger partial charge < -0.3 is 67.4 Å². The average molecular weight is 804 g/mol. The molecule has 4 N–H and O–H groups in total. The van der Waals surface area contributed by atoms with Crippen LogP contribution < -0.4 is 0 Å². The molecule has 57 heavy (non-hydrogen) atoms. The number of fused-ring (bicyclic) bond motifs is 2. The molecule has 3 aromatic rings. The zero-order valence-corrected chi connectivity index (χ0v) is 34.8. The number of aliphatic hydroxyl groups is 1. The third kappa shape index (κ3) is 10.2. The van der Waals surface area contributed by atoms with E-state index in [1.54, 1.807) is 72.2 Å². The van der Waals surface area contributed by atoms with Gasteiger partial charge in [-0.2, -0.15) is 0 Å². The first-order chi connectivity index (χ1) is 26.5. The predicted octanol–water partition coefficient (Wildman–Crippen LogP) is 4.76. The summed E-state index contributed by atoms with van der Waals surface area (Å²) in [5.74, 6) is -3.37. The summed E-state index contributed by atoms with van der Waals surface area (Å²) < 4.78 is 56.0. The number of nitrogens with one attached hydrogen (secondary N) is 3.